The fraction of sp³-hybridized carbons (Fsp3) is 0. The number of hydrogen-bond acceptors (Lipinski definition) is 2. The van der Waals surface area contributed by atoms with Crippen molar-refractivity contribution >= 4 is 44.9 Å². The van der Waals surface area contributed by atoms with Crippen molar-refractivity contribution in [2.75, 3.05) is 0 Å². The SMILES string of the molecule is O=P1(c2ccccc2)c2ccccc2-n2c(-c3ccc4ccccc4c3)nc3cccc1c32. The van der Waals surface area contributed by atoms with E-state index in [2.05, 4.69) is 53.1 Å². The standard InChI is InChI=1S/C29H19N2OP/c32-33(23-11-2-1-3-12-23)26-15-7-6-14-25(26)31-28-24(13-8-16-27(28)33)30-29(31)22-18-17-20-9-4-5-10-21(20)19-22/h1-19H. The van der Waals surface area contributed by atoms with E-state index in [1.807, 2.05) is 66.7 Å². The van der Waals surface area contributed by atoms with Gasteiger partial charge >= 0.3 is 0 Å². The van der Waals surface area contributed by atoms with Gasteiger partial charge in [0.05, 0.1) is 16.7 Å². The van der Waals surface area contributed by atoms with Gasteiger partial charge in [0.1, 0.15) is 5.82 Å². The van der Waals surface area contributed by atoms with E-state index in [9.17, 15) is 4.57 Å². The van der Waals surface area contributed by atoms with Gasteiger partial charge in [0.15, 0.2) is 7.14 Å². The third-order valence-electron chi connectivity index (χ3n) is 6.58. The zero-order valence-corrected chi connectivity index (χ0v) is 18.6. The Hall–Kier alpha value is -3.94. The van der Waals surface area contributed by atoms with E-state index in [1.54, 1.807) is 0 Å². The molecule has 0 N–H and O–H groups in total. The summed E-state index contributed by atoms with van der Waals surface area (Å²) < 4.78 is 17.1. The molecule has 0 saturated heterocycles. The lowest BCUT2D eigenvalue weighted by atomic mass is 10.1. The Kier molecular flexibility index (Phi) is 3.82. The third kappa shape index (κ3) is 2.51. The van der Waals surface area contributed by atoms with Gasteiger partial charge in [-0.25, -0.2) is 4.98 Å². The number of rotatable bonds is 2. The third-order valence-corrected chi connectivity index (χ3v) is 9.71. The molecule has 0 spiro atoms. The van der Waals surface area contributed by atoms with E-state index in [0.717, 1.165) is 44.0 Å². The second-order valence-corrected chi connectivity index (χ2v) is 11.1. The highest BCUT2D eigenvalue weighted by Gasteiger charge is 2.39. The maximum atomic E-state index is 14.9. The molecule has 1 aliphatic rings. The zero-order valence-electron chi connectivity index (χ0n) is 17.7. The number of fused-ring (bicyclic) bond motifs is 3. The van der Waals surface area contributed by atoms with Crippen molar-refractivity contribution in [3.63, 3.8) is 0 Å². The Labute approximate surface area is 191 Å². The molecule has 1 atom stereocenters. The quantitative estimate of drug-likeness (QED) is 0.317. The molecule has 33 heavy (non-hydrogen) atoms. The Morgan fingerprint density at radius 1 is 0.636 bits per heavy atom. The van der Waals surface area contributed by atoms with Crippen LogP contribution in [-0.4, -0.2) is 9.55 Å². The second kappa shape index (κ2) is 6.78. The molecule has 1 aliphatic heterocycles. The number of hydrogen-bond donors (Lipinski definition) is 0. The van der Waals surface area contributed by atoms with Gasteiger partial charge in [0, 0.05) is 21.5 Å². The van der Waals surface area contributed by atoms with Crippen LogP contribution in [0.25, 0.3) is 38.9 Å². The summed E-state index contributed by atoms with van der Waals surface area (Å²) in [7, 11) is -3.04. The highest BCUT2D eigenvalue weighted by molar-refractivity contribution is 7.86. The van der Waals surface area contributed by atoms with Crippen molar-refractivity contribution in [3.8, 4) is 17.1 Å². The van der Waals surface area contributed by atoms with Crippen LogP contribution in [0.5, 0.6) is 0 Å². The number of para-hydroxylation sites is 2. The van der Waals surface area contributed by atoms with Gasteiger partial charge in [-0.1, -0.05) is 84.9 Å². The van der Waals surface area contributed by atoms with Crippen molar-refractivity contribution in [1.29, 1.82) is 0 Å². The first-order chi connectivity index (χ1) is 16.2. The van der Waals surface area contributed by atoms with Gasteiger partial charge in [-0.2, -0.15) is 0 Å². The number of imidazole rings is 1. The average Bonchev–Trinajstić information content (AvgIpc) is 3.28. The van der Waals surface area contributed by atoms with Gasteiger partial charge in [-0.3, -0.25) is 4.57 Å². The van der Waals surface area contributed by atoms with Crippen molar-refractivity contribution < 1.29 is 4.57 Å². The lowest BCUT2D eigenvalue weighted by Gasteiger charge is -2.29. The normalized spacial score (nSPS) is 16.7. The number of nitrogens with zero attached hydrogens (tertiary/aromatic N) is 2. The summed E-state index contributed by atoms with van der Waals surface area (Å²) in [6, 6.07) is 38.7. The van der Waals surface area contributed by atoms with Crippen LogP contribution in [0.15, 0.2) is 115 Å². The summed E-state index contributed by atoms with van der Waals surface area (Å²) in [6.07, 6.45) is 0. The topological polar surface area (TPSA) is 34.9 Å². The molecule has 3 nitrogen and oxygen atoms in total. The molecule has 0 bridgehead atoms. The molecule has 1 aromatic heterocycles. The zero-order chi connectivity index (χ0) is 22.0. The summed E-state index contributed by atoms with van der Waals surface area (Å²) in [5, 5.41) is 4.94. The van der Waals surface area contributed by atoms with Crippen LogP contribution in [0.3, 0.4) is 0 Å². The highest BCUT2D eigenvalue weighted by Crippen LogP contribution is 2.49. The smallest absolute Gasteiger partial charge is 0.175 e. The van der Waals surface area contributed by atoms with Gasteiger partial charge < -0.3 is 4.57 Å². The van der Waals surface area contributed by atoms with Gasteiger partial charge in [0.25, 0.3) is 0 Å². The van der Waals surface area contributed by atoms with Gasteiger partial charge in [-0.05, 0) is 41.1 Å². The summed E-state index contributed by atoms with van der Waals surface area (Å²) in [5.41, 5.74) is 3.78. The summed E-state index contributed by atoms with van der Waals surface area (Å²) in [6.45, 7) is 0. The lowest BCUT2D eigenvalue weighted by molar-refractivity contribution is 0.592. The van der Waals surface area contributed by atoms with Crippen molar-refractivity contribution in [3.05, 3.63) is 115 Å². The van der Waals surface area contributed by atoms with Crippen molar-refractivity contribution in [1.82, 2.24) is 9.55 Å². The minimum atomic E-state index is -3.04. The molecule has 1 unspecified atom stereocenters. The van der Waals surface area contributed by atoms with E-state index >= 15 is 0 Å². The summed E-state index contributed by atoms with van der Waals surface area (Å²) in [4.78, 5) is 5.06. The summed E-state index contributed by atoms with van der Waals surface area (Å²) in [5.74, 6) is 0.870. The Balaban J connectivity index is 1.61. The lowest BCUT2D eigenvalue weighted by Crippen LogP contribution is -2.32. The van der Waals surface area contributed by atoms with E-state index in [1.165, 1.54) is 10.8 Å². The molecule has 0 fully saturated rings. The predicted octanol–water partition coefficient (Wildman–Crippen LogP) is 5.80. The predicted molar refractivity (Wildman–Crippen MR) is 137 cm³/mol. The Morgan fingerprint density at radius 2 is 1.36 bits per heavy atom. The molecule has 2 heterocycles. The van der Waals surface area contributed by atoms with Gasteiger partial charge in [0.2, 0.25) is 0 Å². The molecule has 0 aliphatic carbocycles. The maximum absolute atomic E-state index is 14.9. The number of aromatic nitrogens is 2. The van der Waals surface area contributed by atoms with Crippen LogP contribution in [0.4, 0.5) is 0 Å². The molecule has 0 saturated carbocycles. The van der Waals surface area contributed by atoms with Crippen LogP contribution in [0.1, 0.15) is 0 Å². The second-order valence-electron chi connectivity index (χ2n) is 8.41. The van der Waals surface area contributed by atoms with Crippen molar-refractivity contribution in [2.24, 2.45) is 0 Å². The average molecular weight is 442 g/mol. The van der Waals surface area contributed by atoms with Crippen LogP contribution in [0, 0.1) is 0 Å². The largest absolute Gasteiger partial charge is 0.308 e. The molecule has 0 radical (unpaired) electrons. The van der Waals surface area contributed by atoms with E-state index < -0.39 is 7.14 Å². The first kappa shape index (κ1) is 18.6. The van der Waals surface area contributed by atoms with Crippen molar-refractivity contribution in [2.45, 2.75) is 0 Å². The molecular formula is C29H19N2OP. The van der Waals surface area contributed by atoms with Gasteiger partial charge in [-0.15, -0.1) is 0 Å². The summed E-state index contributed by atoms with van der Waals surface area (Å²) >= 11 is 0. The number of benzene rings is 5. The first-order valence-corrected chi connectivity index (χ1v) is 12.7. The maximum Gasteiger partial charge on any atom is 0.175 e. The Morgan fingerprint density at radius 3 is 2.24 bits per heavy atom. The molecule has 0 amide bonds. The Bertz CT molecular complexity index is 1750. The molecule has 156 valence electrons. The first-order valence-electron chi connectivity index (χ1n) is 11.0. The van der Waals surface area contributed by atoms with Crippen LogP contribution >= 0.6 is 7.14 Å². The monoisotopic (exact) mass is 442 g/mol. The molecule has 4 heteroatoms. The van der Waals surface area contributed by atoms with Crippen LogP contribution < -0.4 is 15.9 Å². The molecule has 6 aromatic rings. The fourth-order valence-corrected chi connectivity index (χ4v) is 8.09. The molecule has 7 rings (SSSR count). The fourth-order valence-electron chi connectivity index (χ4n) is 5.08. The minimum absolute atomic E-state index is 0.851. The van der Waals surface area contributed by atoms with Crippen LogP contribution in [-0.2, 0) is 4.57 Å². The molecule has 5 aromatic carbocycles. The van der Waals surface area contributed by atoms with E-state index in [-0.39, 0.29) is 0 Å². The van der Waals surface area contributed by atoms with E-state index in [0.29, 0.717) is 0 Å². The van der Waals surface area contributed by atoms with Crippen LogP contribution in [0.2, 0.25) is 0 Å². The minimum Gasteiger partial charge on any atom is -0.308 e. The van der Waals surface area contributed by atoms with E-state index in [4.69, 9.17) is 4.98 Å². The highest BCUT2D eigenvalue weighted by atomic mass is 31.2. The molecular weight excluding hydrogens is 423 g/mol.